The van der Waals surface area contributed by atoms with Gasteiger partial charge in [-0.05, 0) is 44.6 Å². The normalized spacial score (nSPS) is 12.0. The number of hydrogen-bond donors (Lipinski definition) is 1. The molecule has 0 unspecified atom stereocenters. The third-order valence-corrected chi connectivity index (χ3v) is 4.88. The molecule has 0 heterocycles. The Hall–Kier alpha value is -0.910. The van der Waals surface area contributed by atoms with E-state index >= 15 is 0 Å². The lowest BCUT2D eigenvalue weighted by atomic mass is 10.1. The minimum Gasteiger partial charge on any atom is -0.308 e. The van der Waals surface area contributed by atoms with Gasteiger partial charge in [-0.1, -0.05) is 38.3 Å². The third kappa shape index (κ3) is 7.07. The number of aryl methyl sites for hydroxylation is 1. The Morgan fingerprint density at radius 1 is 1.05 bits per heavy atom. The first-order valence-electron chi connectivity index (χ1n) is 7.69. The Morgan fingerprint density at radius 3 is 2.29 bits per heavy atom. The molecule has 0 aromatic heterocycles. The lowest BCUT2D eigenvalue weighted by molar-refractivity contribution is 0.412. The zero-order chi connectivity index (χ0) is 15.7. The van der Waals surface area contributed by atoms with E-state index < -0.39 is 10.0 Å². The zero-order valence-corrected chi connectivity index (χ0v) is 14.2. The lowest BCUT2D eigenvalue weighted by Crippen LogP contribution is -2.31. The van der Waals surface area contributed by atoms with Crippen molar-refractivity contribution in [2.75, 3.05) is 27.2 Å². The second kappa shape index (κ2) is 9.18. The molecule has 1 rings (SSSR count). The molecule has 5 heteroatoms. The van der Waals surface area contributed by atoms with E-state index in [1.165, 1.54) is 31.2 Å². The van der Waals surface area contributed by atoms with Crippen LogP contribution in [0.2, 0.25) is 0 Å². The minimum absolute atomic E-state index is 0.346. The van der Waals surface area contributed by atoms with Crippen LogP contribution in [0, 0.1) is 0 Å². The van der Waals surface area contributed by atoms with Gasteiger partial charge in [-0.15, -0.1) is 0 Å². The van der Waals surface area contributed by atoms with Gasteiger partial charge in [0.1, 0.15) is 0 Å². The molecule has 0 amide bonds. The standard InChI is InChI=1S/C16H28N2O2S/c1-4-5-6-7-8-15-9-11-16(12-10-15)21(19,20)17-13-14-18(2)3/h9-12,17H,4-8,13-14H2,1-3H3. The van der Waals surface area contributed by atoms with Crippen molar-refractivity contribution in [2.45, 2.75) is 43.9 Å². The summed E-state index contributed by atoms with van der Waals surface area (Å²) in [6, 6.07) is 7.25. The van der Waals surface area contributed by atoms with Crippen LogP contribution >= 0.6 is 0 Å². The molecule has 21 heavy (non-hydrogen) atoms. The van der Waals surface area contributed by atoms with E-state index in [0.717, 1.165) is 6.42 Å². The highest BCUT2D eigenvalue weighted by Gasteiger charge is 2.12. The average molecular weight is 312 g/mol. The monoisotopic (exact) mass is 312 g/mol. The second-order valence-electron chi connectivity index (χ2n) is 5.66. The number of rotatable bonds is 10. The van der Waals surface area contributed by atoms with Gasteiger partial charge < -0.3 is 4.90 Å². The fourth-order valence-corrected chi connectivity index (χ4v) is 3.10. The number of nitrogens with one attached hydrogen (secondary N) is 1. The van der Waals surface area contributed by atoms with Gasteiger partial charge in [0.2, 0.25) is 10.0 Å². The number of likely N-dealkylation sites (N-methyl/N-ethyl adjacent to an activating group) is 1. The van der Waals surface area contributed by atoms with Gasteiger partial charge in [0.15, 0.2) is 0 Å². The molecule has 1 N–H and O–H groups in total. The summed E-state index contributed by atoms with van der Waals surface area (Å²) >= 11 is 0. The van der Waals surface area contributed by atoms with Crippen molar-refractivity contribution in [3.63, 3.8) is 0 Å². The van der Waals surface area contributed by atoms with E-state index in [9.17, 15) is 8.42 Å². The SMILES string of the molecule is CCCCCCc1ccc(S(=O)(=O)NCCN(C)C)cc1. The van der Waals surface area contributed by atoms with Crippen LogP contribution in [-0.4, -0.2) is 40.5 Å². The van der Waals surface area contributed by atoms with Crippen LogP contribution < -0.4 is 4.72 Å². The van der Waals surface area contributed by atoms with Gasteiger partial charge in [-0.25, -0.2) is 13.1 Å². The molecule has 0 aliphatic heterocycles. The molecule has 120 valence electrons. The van der Waals surface area contributed by atoms with Crippen molar-refractivity contribution < 1.29 is 8.42 Å². The highest BCUT2D eigenvalue weighted by atomic mass is 32.2. The predicted molar refractivity (Wildman–Crippen MR) is 88.0 cm³/mol. The summed E-state index contributed by atoms with van der Waals surface area (Å²) in [5.41, 5.74) is 1.21. The molecule has 0 radical (unpaired) electrons. The Balaban J connectivity index is 2.52. The van der Waals surface area contributed by atoms with Gasteiger partial charge in [0.05, 0.1) is 4.90 Å². The summed E-state index contributed by atoms with van der Waals surface area (Å²) in [6.45, 7) is 3.31. The van der Waals surface area contributed by atoms with Crippen molar-refractivity contribution in [3.8, 4) is 0 Å². The van der Waals surface area contributed by atoms with Crippen molar-refractivity contribution in [1.29, 1.82) is 0 Å². The summed E-state index contributed by atoms with van der Waals surface area (Å²) in [5, 5.41) is 0. The van der Waals surface area contributed by atoms with Crippen molar-refractivity contribution in [2.24, 2.45) is 0 Å². The minimum atomic E-state index is -3.38. The average Bonchev–Trinajstić information content (AvgIpc) is 2.43. The van der Waals surface area contributed by atoms with E-state index in [-0.39, 0.29) is 0 Å². The first-order valence-corrected chi connectivity index (χ1v) is 9.17. The van der Waals surface area contributed by atoms with Crippen LogP contribution in [0.3, 0.4) is 0 Å². The maximum Gasteiger partial charge on any atom is 0.240 e. The second-order valence-corrected chi connectivity index (χ2v) is 7.42. The van der Waals surface area contributed by atoms with E-state index in [2.05, 4.69) is 11.6 Å². The Bertz CT molecular complexity index is 496. The van der Waals surface area contributed by atoms with Crippen molar-refractivity contribution >= 4 is 10.0 Å². The van der Waals surface area contributed by atoms with Crippen molar-refractivity contribution in [3.05, 3.63) is 29.8 Å². The number of hydrogen-bond acceptors (Lipinski definition) is 3. The molecular formula is C16H28N2O2S. The number of unbranched alkanes of at least 4 members (excludes halogenated alkanes) is 3. The van der Waals surface area contributed by atoms with Gasteiger partial charge in [0.25, 0.3) is 0 Å². The fraction of sp³-hybridized carbons (Fsp3) is 0.625. The first kappa shape index (κ1) is 18.1. The fourth-order valence-electron chi connectivity index (χ4n) is 2.08. The zero-order valence-electron chi connectivity index (χ0n) is 13.4. The van der Waals surface area contributed by atoms with Crippen LogP contribution in [0.4, 0.5) is 0 Å². The summed E-state index contributed by atoms with van der Waals surface area (Å²) in [6.07, 6.45) is 5.93. The Kier molecular flexibility index (Phi) is 7.93. The number of sulfonamides is 1. The topological polar surface area (TPSA) is 49.4 Å². The van der Waals surface area contributed by atoms with Gasteiger partial charge >= 0.3 is 0 Å². The van der Waals surface area contributed by atoms with E-state index in [0.29, 0.717) is 18.0 Å². The molecule has 4 nitrogen and oxygen atoms in total. The van der Waals surface area contributed by atoms with Crippen LogP contribution in [0.25, 0.3) is 0 Å². The van der Waals surface area contributed by atoms with E-state index in [1.54, 1.807) is 12.1 Å². The molecule has 0 atom stereocenters. The molecule has 0 fully saturated rings. The molecule has 1 aromatic rings. The maximum absolute atomic E-state index is 12.1. The highest BCUT2D eigenvalue weighted by Crippen LogP contribution is 2.13. The quantitative estimate of drug-likeness (QED) is 0.676. The summed E-state index contributed by atoms with van der Waals surface area (Å²) in [7, 11) is 0.458. The Morgan fingerprint density at radius 2 is 1.71 bits per heavy atom. The lowest BCUT2D eigenvalue weighted by Gasteiger charge is -2.11. The van der Waals surface area contributed by atoms with Gasteiger partial charge in [-0.2, -0.15) is 0 Å². The van der Waals surface area contributed by atoms with Crippen LogP contribution in [0.5, 0.6) is 0 Å². The molecule has 0 aliphatic rings. The van der Waals surface area contributed by atoms with E-state index in [1.807, 2.05) is 31.1 Å². The molecule has 0 saturated carbocycles. The largest absolute Gasteiger partial charge is 0.308 e. The molecule has 1 aromatic carbocycles. The van der Waals surface area contributed by atoms with Crippen molar-refractivity contribution in [1.82, 2.24) is 9.62 Å². The van der Waals surface area contributed by atoms with Crippen LogP contribution in [0.15, 0.2) is 29.2 Å². The summed E-state index contributed by atoms with van der Waals surface area (Å²) in [5.74, 6) is 0. The van der Waals surface area contributed by atoms with Crippen LogP contribution in [-0.2, 0) is 16.4 Å². The van der Waals surface area contributed by atoms with Crippen LogP contribution in [0.1, 0.15) is 38.2 Å². The molecule has 0 bridgehead atoms. The molecule has 0 aliphatic carbocycles. The smallest absolute Gasteiger partial charge is 0.240 e. The number of benzene rings is 1. The number of nitrogens with zero attached hydrogens (tertiary/aromatic N) is 1. The Labute approximate surface area is 129 Å². The van der Waals surface area contributed by atoms with E-state index in [4.69, 9.17) is 0 Å². The highest BCUT2D eigenvalue weighted by molar-refractivity contribution is 7.89. The summed E-state index contributed by atoms with van der Waals surface area (Å²) < 4.78 is 26.8. The molecule has 0 saturated heterocycles. The maximum atomic E-state index is 12.1. The first-order chi connectivity index (χ1) is 9.95. The van der Waals surface area contributed by atoms with Gasteiger partial charge in [0, 0.05) is 13.1 Å². The molecule has 0 spiro atoms. The van der Waals surface area contributed by atoms with Gasteiger partial charge in [-0.3, -0.25) is 0 Å². The summed E-state index contributed by atoms with van der Waals surface area (Å²) in [4.78, 5) is 2.29. The third-order valence-electron chi connectivity index (χ3n) is 3.40. The molecular weight excluding hydrogens is 284 g/mol. The predicted octanol–water partition coefficient (Wildman–Crippen LogP) is 2.65.